The highest BCUT2D eigenvalue weighted by molar-refractivity contribution is 7.90. The number of hydrogen-bond donors (Lipinski definition) is 4. The number of sulfonamides is 1. The summed E-state index contributed by atoms with van der Waals surface area (Å²) in [6, 6.07) is 15.1. The number of carboxylic acids is 1. The zero-order valence-corrected chi connectivity index (χ0v) is 25.0. The van der Waals surface area contributed by atoms with E-state index in [2.05, 4.69) is 15.3 Å². The SMILES string of the molecule is CCCc1sc(C(=O)NC(c2ccccc2)C(O)C(=O)O)cc1Cc1cnc(-c2ccccc2S(=O)(=O)NC(C)=O)cn1. The number of nitrogens with one attached hydrogen (secondary N) is 2. The fourth-order valence-electron chi connectivity index (χ4n) is 4.46. The van der Waals surface area contributed by atoms with Crippen molar-refractivity contribution in [3.05, 3.63) is 99.6 Å². The molecule has 4 rings (SSSR count). The molecule has 0 aliphatic rings. The minimum absolute atomic E-state index is 0.104. The first kappa shape index (κ1) is 31.5. The first-order valence-electron chi connectivity index (χ1n) is 13.3. The quantitative estimate of drug-likeness (QED) is 0.184. The number of benzene rings is 2. The van der Waals surface area contributed by atoms with E-state index in [9.17, 15) is 33.0 Å². The Bertz CT molecular complexity index is 1720. The lowest BCUT2D eigenvalue weighted by Gasteiger charge is -2.21. The molecule has 43 heavy (non-hydrogen) atoms. The minimum atomic E-state index is -4.10. The molecule has 0 aliphatic heterocycles. The van der Waals surface area contributed by atoms with Crippen LogP contribution in [0.2, 0.25) is 0 Å². The van der Waals surface area contributed by atoms with Crippen LogP contribution in [-0.4, -0.2) is 52.5 Å². The molecule has 0 bridgehead atoms. The summed E-state index contributed by atoms with van der Waals surface area (Å²) < 4.78 is 27.3. The molecule has 2 aromatic heterocycles. The molecule has 0 aliphatic carbocycles. The fraction of sp³-hybridized carbons (Fsp3) is 0.233. The number of aromatic nitrogens is 2. The number of hydrogen-bond acceptors (Lipinski definition) is 9. The van der Waals surface area contributed by atoms with E-state index >= 15 is 0 Å². The van der Waals surface area contributed by atoms with Gasteiger partial charge in [0.2, 0.25) is 5.91 Å². The predicted molar refractivity (Wildman–Crippen MR) is 160 cm³/mol. The summed E-state index contributed by atoms with van der Waals surface area (Å²) in [5, 5.41) is 22.4. The molecule has 2 aromatic carbocycles. The van der Waals surface area contributed by atoms with Crippen LogP contribution in [0.25, 0.3) is 11.3 Å². The number of aryl methyl sites for hydroxylation is 1. The van der Waals surface area contributed by atoms with Gasteiger partial charge in [-0.2, -0.15) is 0 Å². The number of carboxylic acid groups (broad SMARTS) is 1. The second kappa shape index (κ2) is 13.7. The standard InChI is InChI=1S/C30H30N4O7S2/c1-3-9-24-20(15-25(42-24)29(37)33-27(28(36)30(38)39)19-10-5-4-6-11-19)14-21-16-32-23(17-31-21)22-12-7-8-13-26(22)43(40,41)34-18(2)35/h4-8,10-13,15-17,27-28,36H,3,9,14H2,1-2H3,(H,33,37)(H,34,35)(H,38,39). The van der Waals surface area contributed by atoms with Crippen LogP contribution in [0.3, 0.4) is 0 Å². The molecule has 0 saturated carbocycles. The number of aliphatic hydroxyl groups excluding tert-OH is 1. The second-order valence-corrected chi connectivity index (χ2v) is 12.5. The monoisotopic (exact) mass is 622 g/mol. The van der Waals surface area contributed by atoms with Crippen molar-refractivity contribution in [1.82, 2.24) is 20.0 Å². The number of nitrogens with zero attached hydrogens (tertiary/aromatic N) is 2. The summed E-state index contributed by atoms with van der Waals surface area (Å²) in [5.74, 6) is -2.68. The van der Waals surface area contributed by atoms with Crippen molar-refractivity contribution in [1.29, 1.82) is 0 Å². The van der Waals surface area contributed by atoms with E-state index in [-0.39, 0.29) is 10.5 Å². The normalized spacial score (nSPS) is 12.7. The predicted octanol–water partition coefficient (Wildman–Crippen LogP) is 3.49. The number of amides is 2. The molecule has 0 spiro atoms. The van der Waals surface area contributed by atoms with E-state index in [1.165, 1.54) is 29.8 Å². The Kier molecular flexibility index (Phi) is 10.0. The van der Waals surface area contributed by atoms with Gasteiger partial charge in [0, 0.05) is 30.0 Å². The Balaban J connectivity index is 1.58. The Morgan fingerprint density at radius 1 is 1.00 bits per heavy atom. The summed E-state index contributed by atoms with van der Waals surface area (Å²) in [6.07, 6.45) is 3.01. The van der Waals surface area contributed by atoms with Crippen LogP contribution in [0.15, 0.2) is 78.0 Å². The van der Waals surface area contributed by atoms with E-state index in [4.69, 9.17) is 0 Å². The molecule has 11 nitrogen and oxygen atoms in total. The zero-order valence-electron chi connectivity index (χ0n) is 23.4. The molecule has 2 amide bonds. The number of aliphatic carboxylic acids is 1. The van der Waals surface area contributed by atoms with Gasteiger partial charge in [-0.05, 0) is 29.7 Å². The topological polar surface area (TPSA) is 176 Å². The highest BCUT2D eigenvalue weighted by atomic mass is 32.2. The number of aliphatic hydroxyl groups is 1. The highest BCUT2D eigenvalue weighted by Gasteiger charge is 2.30. The van der Waals surface area contributed by atoms with Gasteiger partial charge in [-0.25, -0.2) is 17.9 Å². The number of carbonyl (C=O) groups is 3. The molecule has 0 saturated heterocycles. The van der Waals surface area contributed by atoms with Crippen LogP contribution in [0.1, 0.15) is 57.7 Å². The zero-order chi connectivity index (χ0) is 31.1. The Morgan fingerprint density at radius 2 is 1.70 bits per heavy atom. The Hall–Kier alpha value is -4.46. The summed E-state index contributed by atoms with van der Waals surface area (Å²) in [4.78, 5) is 46.3. The molecule has 4 aromatic rings. The minimum Gasteiger partial charge on any atom is -0.479 e. The van der Waals surface area contributed by atoms with E-state index in [0.717, 1.165) is 23.8 Å². The van der Waals surface area contributed by atoms with Crippen LogP contribution in [-0.2, 0) is 32.5 Å². The van der Waals surface area contributed by atoms with Crippen LogP contribution < -0.4 is 10.0 Å². The van der Waals surface area contributed by atoms with Gasteiger partial charge in [-0.3, -0.25) is 19.6 Å². The summed E-state index contributed by atoms with van der Waals surface area (Å²) in [6.45, 7) is 3.13. The van der Waals surface area contributed by atoms with Gasteiger partial charge in [0.25, 0.3) is 15.9 Å². The van der Waals surface area contributed by atoms with Gasteiger partial charge in [0.15, 0.2) is 6.10 Å². The van der Waals surface area contributed by atoms with Crippen molar-refractivity contribution in [2.45, 2.75) is 50.2 Å². The maximum atomic E-state index is 13.3. The molecule has 2 atom stereocenters. The molecule has 0 fully saturated rings. The van der Waals surface area contributed by atoms with E-state index < -0.39 is 40.0 Å². The van der Waals surface area contributed by atoms with Crippen LogP contribution in [0.4, 0.5) is 0 Å². The molecular weight excluding hydrogens is 592 g/mol. The molecule has 13 heteroatoms. The first-order chi connectivity index (χ1) is 20.5. The van der Waals surface area contributed by atoms with Crippen LogP contribution in [0, 0.1) is 0 Å². The summed E-state index contributed by atoms with van der Waals surface area (Å²) >= 11 is 1.29. The Labute approximate surface area is 252 Å². The maximum absolute atomic E-state index is 13.3. The maximum Gasteiger partial charge on any atom is 0.335 e. The highest BCUT2D eigenvalue weighted by Crippen LogP contribution is 2.29. The molecule has 0 radical (unpaired) electrons. The average molecular weight is 623 g/mol. The van der Waals surface area contributed by atoms with E-state index in [1.54, 1.807) is 54.6 Å². The van der Waals surface area contributed by atoms with Gasteiger partial charge in [-0.1, -0.05) is 61.9 Å². The van der Waals surface area contributed by atoms with Gasteiger partial charge >= 0.3 is 5.97 Å². The lowest BCUT2D eigenvalue weighted by atomic mass is 10.0. The second-order valence-electron chi connectivity index (χ2n) is 9.68. The van der Waals surface area contributed by atoms with Crippen molar-refractivity contribution in [3.63, 3.8) is 0 Å². The number of thiophene rings is 1. The van der Waals surface area contributed by atoms with Crippen molar-refractivity contribution in [3.8, 4) is 11.3 Å². The third-order valence-corrected chi connectivity index (χ3v) is 9.15. The van der Waals surface area contributed by atoms with Crippen LogP contribution in [0.5, 0.6) is 0 Å². The molecule has 4 N–H and O–H groups in total. The van der Waals surface area contributed by atoms with Crippen molar-refractivity contribution in [2.75, 3.05) is 0 Å². The summed E-state index contributed by atoms with van der Waals surface area (Å²) in [7, 11) is -4.10. The van der Waals surface area contributed by atoms with E-state index in [0.29, 0.717) is 34.7 Å². The van der Waals surface area contributed by atoms with Crippen molar-refractivity contribution < 1.29 is 33.0 Å². The molecule has 224 valence electrons. The third-order valence-electron chi connectivity index (χ3n) is 6.42. The molecular formula is C30H30N4O7S2. The Morgan fingerprint density at radius 3 is 2.33 bits per heavy atom. The number of rotatable bonds is 12. The largest absolute Gasteiger partial charge is 0.479 e. The fourth-order valence-corrected chi connectivity index (χ4v) is 6.86. The summed E-state index contributed by atoms with van der Waals surface area (Å²) in [5.41, 5.74) is 2.47. The number of carbonyl (C=O) groups excluding carboxylic acids is 2. The average Bonchev–Trinajstić information content (AvgIpc) is 3.38. The lowest BCUT2D eigenvalue weighted by Crippen LogP contribution is -2.40. The first-order valence-corrected chi connectivity index (χ1v) is 15.6. The van der Waals surface area contributed by atoms with Crippen molar-refractivity contribution >= 4 is 39.1 Å². The smallest absolute Gasteiger partial charge is 0.335 e. The van der Waals surface area contributed by atoms with Crippen LogP contribution >= 0.6 is 11.3 Å². The van der Waals surface area contributed by atoms with Gasteiger partial charge < -0.3 is 15.5 Å². The van der Waals surface area contributed by atoms with Gasteiger partial charge in [0.05, 0.1) is 33.4 Å². The van der Waals surface area contributed by atoms with Gasteiger partial charge in [0.1, 0.15) is 0 Å². The van der Waals surface area contributed by atoms with Gasteiger partial charge in [-0.15, -0.1) is 11.3 Å². The van der Waals surface area contributed by atoms with E-state index in [1.807, 2.05) is 11.6 Å². The molecule has 2 unspecified atom stereocenters. The third kappa shape index (κ3) is 7.69. The van der Waals surface area contributed by atoms with Crippen molar-refractivity contribution in [2.24, 2.45) is 0 Å². The molecule has 2 heterocycles. The lowest BCUT2D eigenvalue weighted by molar-refractivity contribution is -0.148.